The van der Waals surface area contributed by atoms with Crippen LogP contribution in [0.15, 0.2) is 72.8 Å². The monoisotopic (exact) mass is 400 g/mol. The number of benzene rings is 3. The van der Waals surface area contributed by atoms with Gasteiger partial charge in [-0.3, -0.25) is 10.1 Å². The largest absolute Gasteiger partial charge is 0.488 e. The molecule has 7 heteroatoms. The molecule has 0 fully saturated rings. The molecule has 1 N–H and O–H groups in total. The molecule has 0 amide bonds. The minimum absolute atomic E-state index is 0.0272. The summed E-state index contributed by atoms with van der Waals surface area (Å²) in [4.78, 5) is 21.9. The van der Waals surface area contributed by atoms with Gasteiger partial charge in [-0.05, 0) is 47.0 Å². The van der Waals surface area contributed by atoms with Crippen LogP contribution in [-0.4, -0.2) is 16.0 Å². The molecular formula is C23H16N2O5. The van der Waals surface area contributed by atoms with Crippen LogP contribution in [0, 0.1) is 21.4 Å². The van der Waals surface area contributed by atoms with Crippen molar-refractivity contribution in [2.75, 3.05) is 0 Å². The first-order valence-electron chi connectivity index (χ1n) is 8.88. The molecule has 0 saturated heterocycles. The molecule has 0 aromatic heterocycles. The highest BCUT2D eigenvalue weighted by Gasteiger charge is 2.13. The molecule has 30 heavy (non-hydrogen) atoms. The Morgan fingerprint density at radius 2 is 1.80 bits per heavy atom. The van der Waals surface area contributed by atoms with E-state index in [4.69, 9.17) is 4.74 Å². The molecule has 3 aromatic carbocycles. The molecule has 0 atom stereocenters. The first kappa shape index (κ1) is 20.3. The van der Waals surface area contributed by atoms with Gasteiger partial charge < -0.3 is 9.84 Å². The van der Waals surface area contributed by atoms with Crippen molar-refractivity contribution >= 4 is 23.3 Å². The second-order valence-corrected chi connectivity index (χ2v) is 6.31. The van der Waals surface area contributed by atoms with Gasteiger partial charge in [0.15, 0.2) is 0 Å². The number of rotatable bonds is 7. The number of nitrogens with zero attached hydrogens (tertiary/aromatic N) is 2. The molecule has 0 spiro atoms. The lowest BCUT2D eigenvalue weighted by Crippen LogP contribution is -2.04. The first-order valence-corrected chi connectivity index (χ1v) is 8.88. The number of nitro benzene ring substituents is 1. The van der Waals surface area contributed by atoms with E-state index in [1.807, 2.05) is 36.4 Å². The molecule has 0 aliphatic heterocycles. The molecule has 0 aliphatic rings. The molecule has 148 valence electrons. The SMILES string of the molecule is N#C/C(=C/c1ccc(OCc2ccccc2)c(C(=O)O)c1)c1ccc([N+](=O)[O-])cc1. The van der Waals surface area contributed by atoms with Gasteiger partial charge in [0.05, 0.1) is 16.6 Å². The van der Waals surface area contributed by atoms with E-state index in [-0.39, 0.29) is 29.2 Å². The number of carbonyl (C=O) groups is 1. The molecule has 7 nitrogen and oxygen atoms in total. The lowest BCUT2D eigenvalue weighted by atomic mass is 10.0. The Balaban J connectivity index is 1.87. The molecular weight excluding hydrogens is 384 g/mol. The van der Waals surface area contributed by atoms with Crippen LogP contribution in [0.4, 0.5) is 5.69 Å². The third kappa shape index (κ3) is 4.88. The van der Waals surface area contributed by atoms with Crippen molar-refractivity contribution in [3.63, 3.8) is 0 Å². The van der Waals surface area contributed by atoms with E-state index in [9.17, 15) is 25.3 Å². The Kier molecular flexibility index (Phi) is 6.20. The van der Waals surface area contributed by atoms with Gasteiger partial charge >= 0.3 is 5.97 Å². The number of nitriles is 1. The highest BCUT2D eigenvalue weighted by molar-refractivity contribution is 5.94. The van der Waals surface area contributed by atoms with Crippen LogP contribution in [0.5, 0.6) is 5.75 Å². The van der Waals surface area contributed by atoms with Crippen molar-refractivity contribution in [3.8, 4) is 11.8 Å². The van der Waals surface area contributed by atoms with Crippen molar-refractivity contribution in [1.82, 2.24) is 0 Å². The summed E-state index contributed by atoms with van der Waals surface area (Å²) in [6.45, 7) is 0.225. The van der Waals surface area contributed by atoms with Crippen LogP contribution in [0.2, 0.25) is 0 Å². The average molecular weight is 400 g/mol. The Morgan fingerprint density at radius 1 is 1.10 bits per heavy atom. The number of hydrogen-bond acceptors (Lipinski definition) is 5. The third-order valence-corrected chi connectivity index (χ3v) is 4.29. The van der Waals surface area contributed by atoms with Crippen molar-refractivity contribution in [3.05, 3.63) is 105 Å². The molecule has 0 aliphatic carbocycles. The lowest BCUT2D eigenvalue weighted by Gasteiger charge is -2.10. The van der Waals surface area contributed by atoms with Gasteiger partial charge in [-0.2, -0.15) is 5.26 Å². The maximum Gasteiger partial charge on any atom is 0.339 e. The second kappa shape index (κ2) is 9.17. The van der Waals surface area contributed by atoms with Crippen LogP contribution >= 0.6 is 0 Å². The van der Waals surface area contributed by atoms with Crippen molar-refractivity contribution in [2.45, 2.75) is 6.61 Å². The quantitative estimate of drug-likeness (QED) is 0.260. The molecule has 0 radical (unpaired) electrons. The highest BCUT2D eigenvalue weighted by atomic mass is 16.6. The van der Waals surface area contributed by atoms with E-state index in [1.54, 1.807) is 12.1 Å². The molecule has 3 aromatic rings. The van der Waals surface area contributed by atoms with E-state index >= 15 is 0 Å². The normalized spacial score (nSPS) is 10.8. The van der Waals surface area contributed by atoms with Gasteiger partial charge in [-0.15, -0.1) is 0 Å². The summed E-state index contributed by atoms with van der Waals surface area (Å²) < 4.78 is 5.66. The van der Waals surface area contributed by atoms with Gasteiger partial charge in [-0.1, -0.05) is 36.4 Å². The summed E-state index contributed by atoms with van der Waals surface area (Å²) in [6, 6.07) is 21.6. The zero-order valence-corrected chi connectivity index (χ0v) is 15.7. The summed E-state index contributed by atoms with van der Waals surface area (Å²) in [7, 11) is 0. The van der Waals surface area contributed by atoms with Gasteiger partial charge in [0, 0.05) is 12.1 Å². The Bertz CT molecular complexity index is 1150. The highest BCUT2D eigenvalue weighted by Crippen LogP contribution is 2.25. The maximum atomic E-state index is 11.7. The standard InChI is InChI=1S/C23H16N2O5/c24-14-19(18-7-9-20(10-8-18)25(28)29)12-17-6-11-22(21(13-17)23(26)27)30-15-16-4-2-1-3-5-16/h1-13H,15H2,(H,26,27)/b19-12-. The van der Waals surface area contributed by atoms with Gasteiger partial charge in [0.25, 0.3) is 5.69 Å². The maximum absolute atomic E-state index is 11.7. The fourth-order valence-corrected chi connectivity index (χ4v) is 2.78. The predicted octanol–water partition coefficient (Wildman–Crippen LogP) is 4.94. The van der Waals surface area contributed by atoms with Gasteiger partial charge in [0.2, 0.25) is 0 Å². The summed E-state index contributed by atoms with van der Waals surface area (Å²) in [5.74, 6) is -0.931. The van der Waals surface area contributed by atoms with Crippen LogP contribution in [0.25, 0.3) is 11.6 Å². The number of allylic oxidation sites excluding steroid dienone is 1. The zero-order chi connectivity index (χ0) is 21.5. The minimum Gasteiger partial charge on any atom is -0.488 e. The molecule has 0 bridgehead atoms. The van der Waals surface area contributed by atoms with Crippen LogP contribution in [-0.2, 0) is 6.61 Å². The predicted molar refractivity (Wildman–Crippen MR) is 111 cm³/mol. The number of carboxylic acid groups (broad SMARTS) is 1. The number of nitro groups is 1. The average Bonchev–Trinajstić information content (AvgIpc) is 2.77. The molecule has 3 rings (SSSR count). The fourth-order valence-electron chi connectivity index (χ4n) is 2.78. The second-order valence-electron chi connectivity index (χ2n) is 6.31. The van der Waals surface area contributed by atoms with E-state index in [2.05, 4.69) is 0 Å². The third-order valence-electron chi connectivity index (χ3n) is 4.29. The van der Waals surface area contributed by atoms with Crippen LogP contribution in [0.3, 0.4) is 0 Å². The van der Waals surface area contributed by atoms with Crippen molar-refractivity contribution in [2.24, 2.45) is 0 Å². The Morgan fingerprint density at radius 3 is 2.40 bits per heavy atom. The van der Waals surface area contributed by atoms with E-state index in [0.29, 0.717) is 11.1 Å². The molecule has 0 unspecified atom stereocenters. The van der Waals surface area contributed by atoms with E-state index in [1.165, 1.54) is 36.4 Å². The van der Waals surface area contributed by atoms with E-state index in [0.717, 1.165) is 5.56 Å². The topological polar surface area (TPSA) is 113 Å². The summed E-state index contributed by atoms with van der Waals surface area (Å²) in [5, 5.41) is 29.8. The summed E-state index contributed by atoms with van der Waals surface area (Å²) in [5.41, 5.74) is 2.03. The number of non-ortho nitro benzene ring substituents is 1. The van der Waals surface area contributed by atoms with Crippen LogP contribution in [0.1, 0.15) is 27.0 Å². The Hall–Kier alpha value is -4.44. The number of carboxylic acids is 1. The number of hydrogen-bond donors (Lipinski definition) is 1. The fraction of sp³-hybridized carbons (Fsp3) is 0.0435. The first-order chi connectivity index (χ1) is 14.5. The molecule has 0 saturated carbocycles. The Labute approximate surface area is 172 Å². The zero-order valence-electron chi connectivity index (χ0n) is 15.7. The summed E-state index contributed by atoms with van der Waals surface area (Å²) in [6.07, 6.45) is 1.52. The van der Waals surface area contributed by atoms with Gasteiger partial charge in [-0.25, -0.2) is 4.79 Å². The van der Waals surface area contributed by atoms with Gasteiger partial charge in [0.1, 0.15) is 17.9 Å². The molecule has 0 heterocycles. The van der Waals surface area contributed by atoms with Crippen molar-refractivity contribution in [1.29, 1.82) is 5.26 Å². The number of ether oxygens (including phenoxy) is 1. The van der Waals surface area contributed by atoms with Crippen molar-refractivity contribution < 1.29 is 19.6 Å². The smallest absolute Gasteiger partial charge is 0.339 e. The van der Waals surface area contributed by atoms with E-state index < -0.39 is 10.9 Å². The number of aromatic carboxylic acids is 1. The lowest BCUT2D eigenvalue weighted by molar-refractivity contribution is -0.384. The van der Waals surface area contributed by atoms with Crippen LogP contribution < -0.4 is 4.74 Å². The summed E-state index contributed by atoms with van der Waals surface area (Å²) >= 11 is 0. The minimum atomic E-state index is -1.15.